The highest BCUT2D eigenvalue weighted by atomic mass is 16.5. The van der Waals surface area contributed by atoms with Crippen LogP contribution in [-0.4, -0.2) is 23.9 Å². The number of benzene rings is 1. The summed E-state index contributed by atoms with van der Waals surface area (Å²) in [4.78, 5) is 0. The lowest BCUT2D eigenvalue weighted by molar-refractivity contribution is -0.0296. The van der Waals surface area contributed by atoms with E-state index < -0.39 is 5.60 Å². The number of aliphatic hydroxyl groups is 1. The van der Waals surface area contributed by atoms with Gasteiger partial charge in [-0.25, -0.2) is 0 Å². The van der Waals surface area contributed by atoms with Crippen molar-refractivity contribution in [3.05, 3.63) is 34.9 Å². The van der Waals surface area contributed by atoms with Gasteiger partial charge in [-0.2, -0.15) is 0 Å². The molecule has 2 heteroatoms. The van der Waals surface area contributed by atoms with Gasteiger partial charge in [-0.05, 0) is 49.8 Å². The molecule has 0 saturated carbocycles. The van der Waals surface area contributed by atoms with Gasteiger partial charge in [0.1, 0.15) is 0 Å². The molecule has 0 heterocycles. The van der Waals surface area contributed by atoms with Gasteiger partial charge in [0.25, 0.3) is 0 Å². The third-order valence-electron chi connectivity index (χ3n) is 3.36. The van der Waals surface area contributed by atoms with Gasteiger partial charge in [0.05, 0.1) is 12.2 Å². The van der Waals surface area contributed by atoms with Crippen LogP contribution in [-0.2, 0) is 24.0 Å². The van der Waals surface area contributed by atoms with E-state index in [0.717, 1.165) is 0 Å². The number of hydrogen-bond donors (Lipinski definition) is 1. The second kappa shape index (κ2) is 5.19. The molecule has 0 aromatic heterocycles. The first-order valence-corrected chi connectivity index (χ1v) is 6.51. The Bertz CT molecular complexity index is 383. The molecule has 0 radical (unpaired) electrons. The maximum absolute atomic E-state index is 10.2. The molecule has 0 aliphatic heterocycles. The molecule has 2 rings (SSSR count). The highest BCUT2D eigenvalue weighted by molar-refractivity contribution is 5.35. The van der Waals surface area contributed by atoms with Crippen molar-refractivity contribution in [1.29, 1.82) is 0 Å². The van der Waals surface area contributed by atoms with Crippen LogP contribution in [0.3, 0.4) is 0 Å². The van der Waals surface area contributed by atoms with Crippen molar-refractivity contribution in [2.45, 2.75) is 45.1 Å². The molecular weight excluding hydrogens is 212 g/mol. The lowest BCUT2D eigenvalue weighted by atomic mass is 9.95. The van der Waals surface area contributed by atoms with Gasteiger partial charge in [0, 0.05) is 13.0 Å². The number of hydrogen-bond acceptors (Lipinski definition) is 2. The molecule has 1 aliphatic carbocycles. The van der Waals surface area contributed by atoms with Gasteiger partial charge in [-0.1, -0.05) is 18.2 Å². The Morgan fingerprint density at radius 1 is 1.29 bits per heavy atom. The third kappa shape index (κ3) is 3.30. The zero-order chi connectivity index (χ0) is 12.3. The van der Waals surface area contributed by atoms with Gasteiger partial charge in [0.15, 0.2) is 0 Å². The topological polar surface area (TPSA) is 29.5 Å². The van der Waals surface area contributed by atoms with Crippen LogP contribution in [0, 0.1) is 0 Å². The van der Waals surface area contributed by atoms with Crippen LogP contribution in [0.5, 0.6) is 0 Å². The Kier molecular flexibility index (Phi) is 3.85. The molecule has 1 aromatic rings. The van der Waals surface area contributed by atoms with Crippen molar-refractivity contribution >= 4 is 0 Å². The van der Waals surface area contributed by atoms with Crippen LogP contribution in [0.2, 0.25) is 0 Å². The Labute approximate surface area is 104 Å². The highest BCUT2D eigenvalue weighted by Gasteiger charge is 2.22. The molecule has 0 saturated heterocycles. The van der Waals surface area contributed by atoms with Gasteiger partial charge in [-0.15, -0.1) is 0 Å². The van der Waals surface area contributed by atoms with E-state index in [1.54, 1.807) is 0 Å². The number of aryl methyl sites for hydroxylation is 2. The van der Waals surface area contributed by atoms with Crippen LogP contribution < -0.4 is 0 Å². The maximum Gasteiger partial charge on any atom is 0.0892 e. The van der Waals surface area contributed by atoms with E-state index in [2.05, 4.69) is 18.2 Å². The zero-order valence-electron chi connectivity index (χ0n) is 10.8. The van der Waals surface area contributed by atoms with Crippen LogP contribution >= 0.6 is 0 Å². The Balaban J connectivity index is 2.03. The summed E-state index contributed by atoms with van der Waals surface area (Å²) in [5.74, 6) is 0. The van der Waals surface area contributed by atoms with Crippen LogP contribution in [0.25, 0.3) is 0 Å². The van der Waals surface area contributed by atoms with Crippen LogP contribution in [0.4, 0.5) is 0 Å². The maximum atomic E-state index is 10.2. The summed E-state index contributed by atoms with van der Waals surface area (Å²) in [7, 11) is 0. The summed E-state index contributed by atoms with van der Waals surface area (Å²) in [6, 6.07) is 6.61. The van der Waals surface area contributed by atoms with Gasteiger partial charge >= 0.3 is 0 Å². The molecule has 94 valence electrons. The summed E-state index contributed by atoms with van der Waals surface area (Å²) in [6.07, 6.45) is 4.34. The van der Waals surface area contributed by atoms with E-state index in [9.17, 15) is 5.11 Å². The average Bonchev–Trinajstić information content (AvgIpc) is 2.73. The molecule has 1 N–H and O–H groups in total. The summed E-state index contributed by atoms with van der Waals surface area (Å²) in [5, 5.41) is 10.2. The Morgan fingerprint density at radius 2 is 2.06 bits per heavy atom. The molecule has 0 fully saturated rings. The van der Waals surface area contributed by atoms with Gasteiger partial charge < -0.3 is 9.84 Å². The number of rotatable bonds is 5. The molecule has 17 heavy (non-hydrogen) atoms. The van der Waals surface area contributed by atoms with E-state index in [1.807, 2.05) is 13.8 Å². The lowest BCUT2D eigenvalue weighted by Gasteiger charge is -2.23. The van der Waals surface area contributed by atoms with Crippen molar-refractivity contribution < 1.29 is 9.84 Å². The fourth-order valence-electron chi connectivity index (χ4n) is 2.55. The molecule has 0 bridgehead atoms. The quantitative estimate of drug-likeness (QED) is 0.848. The molecule has 2 nitrogen and oxygen atoms in total. The fraction of sp³-hybridized carbons (Fsp3) is 0.600. The first kappa shape index (κ1) is 12.6. The summed E-state index contributed by atoms with van der Waals surface area (Å²) in [6.45, 7) is 4.85. The van der Waals surface area contributed by atoms with Crippen molar-refractivity contribution in [1.82, 2.24) is 0 Å². The minimum absolute atomic E-state index is 0.403. The zero-order valence-corrected chi connectivity index (χ0v) is 10.8. The smallest absolute Gasteiger partial charge is 0.0892 e. The second-order valence-corrected chi connectivity index (χ2v) is 5.27. The first-order chi connectivity index (χ1) is 8.11. The standard InChI is InChI=1S/C15H22O2/c1-3-17-11-15(2,16)10-12-7-8-13-5-4-6-14(13)9-12/h7-9,16H,3-6,10-11H2,1-2H3. The fourth-order valence-corrected chi connectivity index (χ4v) is 2.55. The molecule has 1 aliphatic rings. The van der Waals surface area contributed by atoms with Crippen molar-refractivity contribution in [3.63, 3.8) is 0 Å². The molecule has 1 aromatic carbocycles. The van der Waals surface area contributed by atoms with Crippen LogP contribution in [0.15, 0.2) is 18.2 Å². The normalized spacial score (nSPS) is 17.8. The molecule has 1 atom stereocenters. The minimum Gasteiger partial charge on any atom is -0.387 e. The van der Waals surface area contributed by atoms with Crippen molar-refractivity contribution in [2.24, 2.45) is 0 Å². The first-order valence-electron chi connectivity index (χ1n) is 6.51. The van der Waals surface area contributed by atoms with Crippen molar-refractivity contribution in [3.8, 4) is 0 Å². The predicted molar refractivity (Wildman–Crippen MR) is 69.3 cm³/mol. The molecule has 0 amide bonds. The van der Waals surface area contributed by atoms with E-state index >= 15 is 0 Å². The Hall–Kier alpha value is -0.860. The van der Waals surface area contributed by atoms with Crippen molar-refractivity contribution in [2.75, 3.05) is 13.2 Å². The summed E-state index contributed by atoms with van der Waals surface area (Å²) < 4.78 is 5.31. The largest absolute Gasteiger partial charge is 0.387 e. The molecule has 1 unspecified atom stereocenters. The predicted octanol–water partition coefficient (Wildman–Crippen LogP) is 2.51. The average molecular weight is 234 g/mol. The lowest BCUT2D eigenvalue weighted by Crippen LogP contribution is -2.33. The summed E-state index contributed by atoms with van der Waals surface area (Å²) >= 11 is 0. The number of ether oxygens (including phenoxy) is 1. The van der Waals surface area contributed by atoms with E-state index in [1.165, 1.54) is 36.0 Å². The highest BCUT2D eigenvalue weighted by Crippen LogP contribution is 2.24. The third-order valence-corrected chi connectivity index (χ3v) is 3.36. The molecular formula is C15H22O2. The summed E-state index contributed by atoms with van der Waals surface area (Å²) in [5.41, 5.74) is 3.41. The van der Waals surface area contributed by atoms with Gasteiger partial charge in [0.2, 0.25) is 0 Å². The second-order valence-electron chi connectivity index (χ2n) is 5.27. The number of fused-ring (bicyclic) bond motifs is 1. The molecule has 0 spiro atoms. The van der Waals surface area contributed by atoms with E-state index in [-0.39, 0.29) is 0 Å². The van der Waals surface area contributed by atoms with Crippen LogP contribution in [0.1, 0.15) is 37.0 Å². The van der Waals surface area contributed by atoms with E-state index in [0.29, 0.717) is 19.6 Å². The van der Waals surface area contributed by atoms with E-state index in [4.69, 9.17) is 4.74 Å². The Morgan fingerprint density at radius 3 is 2.82 bits per heavy atom. The monoisotopic (exact) mass is 234 g/mol. The van der Waals surface area contributed by atoms with Gasteiger partial charge in [-0.3, -0.25) is 0 Å². The minimum atomic E-state index is -0.761. The SMILES string of the molecule is CCOCC(C)(O)Cc1ccc2c(c1)CCC2.